The van der Waals surface area contributed by atoms with Crippen LogP contribution in [-0.2, 0) is 0 Å². The van der Waals surface area contributed by atoms with Crippen molar-refractivity contribution in [3.05, 3.63) is 0 Å². The summed E-state index contributed by atoms with van der Waals surface area (Å²) in [6.45, 7) is 5.73. The van der Waals surface area contributed by atoms with E-state index in [9.17, 15) is 5.11 Å². The molecule has 0 spiro atoms. The molecule has 0 saturated heterocycles. The molecule has 0 aromatic rings. The lowest BCUT2D eigenvalue weighted by Crippen LogP contribution is -2.31. The van der Waals surface area contributed by atoms with Gasteiger partial charge in [-0.3, -0.25) is 0 Å². The quantitative estimate of drug-likeness (QED) is 0.555. The maximum Gasteiger partial charge on any atom is 0.127 e. The molecule has 1 atom stereocenters. The van der Waals surface area contributed by atoms with Crippen LogP contribution in [0, 0.1) is 18.3 Å². The van der Waals surface area contributed by atoms with E-state index in [0.29, 0.717) is 6.42 Å². The zero-order valence-electron chi connectivity index (χ0n) is 6.31. The Balaban J connectivity index is 4.14. The molecule has 9 heavy (non-hydrogen) atoms. The van der Waals surface area contributed by atoms with Crippen LogP contribution in [0.5, 0.6) is 0 Å². The predicted molar refractivity (Wildman–Crippen MR) is 38.9 cm³/mol. The van der Waals surface area contributed by atoms with Gasteiger partial charge >= 0.3 is 0 Å². The van der Waals surface area contributed by atoms with Gasteiger partial charge in [-0.2, -0.15) is 0 Å². The monoisotopic (exact) mass is 126 g/mol. The van der Waals surface area contributed by atoms with Gasteiger partial charge in [-0.15, -0.1) is 6.42 Å². The lowest BCUT2D eigenvalue weighted by Gasteiger charge is -2.24. The Bertz CT molecular complexity index is 121. The third-order valence-electron chi connectivity index (χ3n) is 1.74. The molecule has 1 heteroatoms. The summed E-state index contributed by atoms with van der Waals surface area (Å²) in [5, 5.41) is 9.47. The number of rotatable bonds is 2. The highest BCUT2D eigenvalue weighted by molar-refractivity contribution is 5.07. The Kier molecular flexibility index (Phi) is 2.73. The third-order valence-corrected chi connectivity index (χ3v) is 1.74. The van der Waals surface area contributed by atoms with Gasteiger partial charge in [0.2, 0.25) is 0 Å². The van der Waals surface area contributed by atoms with Crippen LogP contribution in [-0.4, -0.2) is 10.7 Å². The van der Waals surface area contributed by atoms with Crippen LogP contribution in [0.25, 0.3) is 0 Å². The fraction of sp³-hybridized carbons (Fsp3) is 0.750. The molecule has 1 N–H and O–H groups in total. The minimum atomic E-state index is -0.889. The van der Waals surface area contributed by atoms with Gasteiger partial charge in [0.05, 0.1) is 0 Å². The maximum atomic E-state index is 9.47. The topological polar surface area (TPSA) is 20.2 Å². The second-order valence-corrected chi connectivity index (χ2v) is 2.58. The Morgan fingerprint density at radius 1 is 1.67 bits per heavy atom. The molecule has 0 radical (unpaired) electrons. The highest BCUT2D eigenvalue weighted by Gasteiger charge is 2.25. The van der Waals surface area contributed by atoms with Gasteiger partial charge in [-0.1, -0.05) is 26.7 Å². The Morgan fingerprint density at radius 2 is 2.11 bits per heavy atom. The van der Waals surface area contributed by atoms with E-state index in [1.165, 1.54) is 0 Å². The second-order valence-electron chi connectivity index (χ2n) is 2.58. The van der Waals surface area contributed by atoms with E-state index in [4.69, 9.17) is 6.42 Å². The zero-order valence-corrected chi connectivity index (χ0v) is 6.31. The lowest BCUT2D eigenvalue weighted by molar-refractivity contribution is 0.0497. The van der Waals surface area contributed by atoms with Crippen LogP contribution in [0.2, 0.25) is 0 Å². The molecule has 1 nitrogen and oxygen atoms in total. The van der Waals surface area contributed by atoms with E-state index < -0.39 is 5.60 Å². The van der Waals surface area contributed by atoms with E-state index in [0.717, 1.165) is 0 Å². The van der Waals surface area contributed by atoms with Gasteiger partial charge < -0.3 is 5.11 Å². The van der Waals surface area contributed by atoms with E-state index >= 15 is 0 Å². The highest BCUT2D eigenvalue weighted by Crippen LogP contribution is 2.18. The summed E-state index contributed by atoms with van der Waals surface area (Å²) in [5.41, 5.74) is -0.889. The summed E-state index contributed by atoms with van der Waals surface area (Å²) in [6, 6.07) is 0. The Labute approximate surface area is 57.1 Å². The highest BCUT2D eigenvalue weighted by atomic mass is 16.3. The van der Waals surface area contributed by atoms with E-state index in [2.05, 4.69) is 5.92 Å². The lowest BCUT2D eigenvalue weighted by atomic mass is 9.89. The number of hydrogen-bond acceptors (Lipinski definition) is 1. The summed E-state index contributed by atoms with van der Waals surface area (Å²) in [5.74, 6) is 2.53. The predicted octanol–water partition coefficient (Wildman–Crippen LogP) is 1.42. The first kappa shape index (κ1) is 8.52. The van der Waals surface area contributed by atoms with E-state index in [1.807, 2.05) is 20.8 Å². The first-order valence-electron chi connectivity index (χ1n) is 3.27. The van der Waals surface area contributed by atoms with Crippen molar-refractivity contribution in [2.75, 3.05) is 0 Å². The van der Waals surface area contributed by atoms with Gasteiger partial charge in [-0.25, -0.2) is 0 Å². The average molecular weight is 126 g/mol. The molecule has 0 saturated carbocycles. The van der Waals surface area contributed by atoms with Gasteiger partial charge in [0, 0.05) is 0 Å². The molecule has 0 heterocycles. The van der Waals surface area contributed by atoms with Crippen molar-refractivity contribution in [3.63, 3.8) is 0 Å². The van der Waals surface area contributed by atoms with Crippen molar-refractivity contribution in [1.82, 2.24) is 0 Å². The molecule has 0 bridgehead atoms. The van der Waals surface area contributed by atoms with Crippen LogP contribution in [0.1, 0.15) is 27.2 Å². The first-order valence-corrected chi connectivity index (χ1v) is 3.27. The molecular weight excluding hydrogens is 112 g/mol. The Hall–Kier alpha value is -0.480. The first-order chi connectivity index (χ1) is 4.06. The molecule has 0 aromatic heterocycles. The Morgan fingerprint density at radius 3 is 2.11 bits per heavy atom. The number of terminal acetylenes is 1. The average Bonchev–Trinajstić information content (AvgIpc) is 1.86. The molecule has 0 aliphatic rings. The van der Waals surface area contributed by atoms with Crippen molar-refractivity contribution in [2.24, 2.45) is 5.92 Å². The van der Waals surface area contributed by atoms with Crippen LogP contribution in [0.15, 0.2) is 0 Å². The molecule has 0 aliphatic heterocycles. The molecule has 0 rings (SSSR count). The SMILES string of the molecule is C#CC(O)(CC)C(C)C. The van der Waals surface area contributed by atoms with Gasteiger partial charge in [0.25, 0.3) is 0 Å². The summed E-state index contributed by atoms with van der Waals surface area (Å²) < 4.78 is 0. The summed E-state index contributed by atoms with van der Waals surface area (Å²) in [7, 11) is 0. The molecule has 0 aliphatic carbocycles. The summed E-state index contributed by atoms with van der Waals surface area (Å²) in [6.07, 6.45) is 5.74. The van der Waals surface area contributed by atoms with Crippen LogP contribution >= 0.6 is 0 Å². The van der Waals surface area contributed by atoms with Crippen molar-refractivity contribution in [1.29, 1.82) is 0 Å². The molecule has 52 valence electrons. The molecule has 1 unspecified atom stereocenters. The maximum absolute atomic E-state index is 9.47. The van der Waals surface area contributed by atoms with Crippen LogP contribution in [0.4, 0.5) is 0 Å². The van der Waals surface area contributed by atoms with Gasteiger partial charge in [-0.05, 0) is 12.3 Å². The standard InChI is InChI=1S/C8H14O/c1-5-8(9,6-2)7(3)4/h1,7,9H,6H2,2-4H3. The second kappa shape index (κ2) is 2.89. The van der Waals surface area contributed by atoms with Gasteiger partial charge in [0.1, 0.15) is 5.60 Å². The summed E-state index contributed by atoms with van der Waals surface area (Å²) in [4.78, 5) is 0. The number of aliphatic hydroxyl groups is 1. The molecular formula is C8H14O. The van der Waals surface area contributed by atoms with Crippen molar-refractivity contribution >= 4 is 0 Å². The summed E-state index contributed by atoms with van der Waals surface area (Å²) >= 11 is 0. The fourth-order valence-corrected chi connectivity index (χ4v) is 0.677. The zero-order chi connectivity index (χ0) is 7.49. The molecule has 0 aromatic carbocycles. The molecule has 0 amide bonds. The minimum absolute atomic E-state index is 0.146. The van der Waals surface area contributed by atoms with Gasteiger partial charge in [0.15, 0.2) is 0 Å². The normalized spacial score (nSPS) is 16.9. The van der Waals surface area contributed by atoms with Crippen molar-refractivity contribution < 1.29 is 5.11 Å². The van der Waals surface area contributed by atoms with Crippen LogP contribution in [0.3, 0.4) is 0 Å². The van der Waals surface area contributed by atoms with E-state index in [-0.39, 0.29) is 5.92 Å². The molecule has 0 fully saturated rings. The fourth-order valence-electron chi connectivity index (χ4n) is 0.677. The minimum Gasteiger partial charge on any atom is -0.377 e. The smallest absolute Gasteiger partial charge is 0.127 e. The number of hydrogen-bond donors (Lipinski definition) is 1. The van der Waals surface area contributed by atoms with E-state index in [1.54, 1.807) is 0 Å². The van der Waals surface area contributed by atoms with Crippen molar-refractivity contribution in [3.8, 4) is 12.3 Å². The van der Waals surface area contributed by atoms with Crippen molar-refractivity contribution in [2.45, 2.75) is 32.8 Å². The largest absolute Gasteiger partial charge is 0.377 e. The van der Waals surface area contributed by atoms with Crippen LogP contribution < -0.4 is 0 Å². The third kappa shape index (κ3) is 1.73.